The fourth-order valence-electron chi connectivity index (χ4n) is 1.60. The highest BCUT2D eigenvalue weighted by Gasteiger charge is 2.14. The highest BCUT2D eigenvalue weighted by molar-refractivity contribution is 9.10. The van der Waals surface area contributed by atoms with E-state index in [1.54, 1.807) is 36.4 Å². The van der Waals surface area contributed by atoms with Gasteiger partial charge >= 0.3 is 12.0 Å². The minimum Gasteiger partial charge on any atom is -0.444 e. The van der Waals surface area contributed by atoms with Crippen molar-refractivity contribution >= 4 is 45.3 Å². The Balaban J connectivity index is 1.64. The van der Waals surface area contributed by atoms with Crippen molar-refractivity contribution in [3.63, 3.8) is 0 Å². The van der Waals surface area contributed by atoms with E-state index in [0.717, 1.165) is 0 Å². The van der Waals surface area contributed by atoms with Crippen molar-refractivity contribution in [3.8, 4) is 11.7 Å². The predicted molar refractivity (Wildman–Crippen MR) is 83.8 cm³/mol. The van der Waals surface area contributed by atoms with Gasteiger partial charge in [-0.05, 0) is 52.3 Å². The zero-order chi connectivity index (χ0) is 15.5. The summed E-state index contributed by atoms with van der Waals surface area (Å²) in [4.78, 5) is 11.8. The molecule has 0 bridgehead atoms. The molecular weight excluding hydrogens is 376 g/mol. The fraction of sp³-hybridized carbons (Fsp3) is 0. The highest BCUT2D eigenvalue weighted by atomic mass is 79.9. The molecule has 22 heavy (non-hydrogen) atoms. The number of aromatic nitrogens is 2. The van der Waals surface area contributed by atoms with Gasteiger partial charge in [0, 0.05) is 10.7 Å². The Morgan fingerprint density at radius 3 is 2.50 bits per heavy atom. The molecule has 0 fully saturated rings. The zero-order valence-electron chi connectivity index (χ0n) is 10.8. The molecule has 2 heterocycles. The van der Waals surface area contributed by atoms with E-state index in [-0.39, 0.29) is 11.9 Å². The van der Waals surface area contributed by atoms with Gasteiger partial charge in [-0.3, -0.25) is 5.32 Å². The van der Waals surface area contributed by atoms with Crippen LogP contribution < -0.4 is 10.6 Å². The molecule has 0 aliphatic rings. The SMILES string of the molecule is O=C(Nc1ccc(Cl)cc1)Nc1nnc(-c2ccc(Br)o2)o1. The molecule has 2 amide bonds. The standard InChI is InChI=1S/C13H8BrClN4O3/c14-10-6-5-9(21-10)11-18-19-13(22-11)17-12(20)16-8-3-1-7(15)2-4-8/h1-6H,(H2,16,17,19,20). The summed E-state index contributed by atoms with van der Waals surface area (Å²) in [7, 11) is 0. The first kappa shape index (κ1) is 14.6. The van der Waals surface area contributed by atoms with E-state index in [1.807, 2.05) is 0 Å². The number of carbonyl (C=O) groups excluding carboxylic acids is 1. The van der Waals surface area contributed by atoms with Gasteiger partial charge in [0.1, 0.15) is 0 Å². The number of benzene rings is 1. The number of amides is 2. The first-order valence-corrected chi connectivity index (χ1v) is 7.20. The summed E-state index contributed by atoms with van der Waals surface area (Å²) < 4.78 is 11.1. The van der Waals surface area contributed by atoms with Gasteiger partial charge in [-0.1, -0.05) is 16.7 Å². The van der Waals surface area contributed by atoms with Crippen molar-refractivity contribution in [2.75, 3.05) is 10.6 Å². The molecular formula is C13H8BrClN4O3. The number of rotatable bonds is 3. The van der Waals surface area contributed by atoms with Gasteiger partial charge in [0.15, 0.2) is 10.4 Å². The van der Waals surface area contributed by atoms with Crippen molar-refractivity contribution in [1.82, 2.24) is 10.2 Å². The van der Waals surface area contributed by atoms with E-state index in [1.165, 1.54) is 0 Å². The Morgan fingerprint density at radius 2 is 1.82 bits per heavy atom. The summed E-state index contributed by atoms with van der Waals surface area (Å²) in [6, 6.07) is 9.46. The Labute approximate surface area is 137 Å². The molecule has 7 nitrogen and oxygen atoms in total. The first-order valence-electron chi connectivity index (χ1n) is 6.03. The molecule has 0 radical (unpaired) electrons. The summed E-state index contributed by atoms with van der Waals surface area (Å²) >= 11 is 8.94. The second-order valence-corrected chi connectivity index (χ2v) is 5.32. The summed E-state index contributed by atoms with van der Waals surface area (Å²) in [5.74, 6) is 0.554. The largest absolute Gasteiger partial charge is 0.444 e. The molecule has 3 rings (SSSR count). The van der Waals surface area contributed by atoms with Crippen LogP contribution in [-0.2, 0) is 0 Å². The van der Waals surface area contributed by atoms with Crippen molar-refractivity contribution in [2.45, 2.75) is 0 Å². The molecule has 0 aliphatic carbocycles. The van der Waals surface area contributed by atoms with Gasteiger partial charge in [-0.15, -0.1) is 5.10 Å². The maximum Gasteiger partial charge on any atom is 0.327 e. The van der Waals surface area contributed by atoms with E-state index in [0.29, 0.717) is 21.1 Å². The molecule has 0 saturated heterocycles. The maximum atomic E-state index is 11.8. The third-order valence-corrected chi connectivity index (χ3v) is 3.21. The van der Waals surface area contributed by atoms with Crippen LogP contribution in [0.5, 0.6) is 0 Å². The van der Waals surface area contributed by atoms with Crippen LogP contribution in [0.4, 0.5) is 16.5 Å². The highest BCUT2D eigenvalue weighted by Crippen LogP contribution is 2.24. The third-order valence-electron chi connectivity index (χ3n) is 2.53. The molecule has 0 saturated carbocycles. The number of furan rings is 1. The van der Waals surface area contributed by atoms with Gasteiger partial charge in [0.25, 0.3) is 5.89 Å². The van der Waals surface area contributed by atoms with Crippen LogP contribution in [0.25, 0.3) is 11.7 Å². The molecule has 2 aromatic heterocycles. The monoisotopic (exact) mass is 382 g/mol. The second kappa shape index (κ2) is 6.20. The normalized spacial score (nSPS) is 10.5. The van der Waals surface area contributed by atoms with Gasteiger partial charge < -0.3 is 14.2 Å². The molecule has 0 aliphatic heterocycles. The van der Waals surface area contributed by atoms with Crippen LogP contribution >= 0.6 is 27.5 Å². The predicted octanol–water partition coefficient (Wildman–Crippen LogP) is 4.39. The van der Waals surface area contributed by atoms with Gasteiger partial charge in [0.2, 0.25) is 0 Å². The number of nitrogens with zero attached hydrogens (tertiary/aromatic N) is 2. The lowest BCUT2D eigenvalue weighted by atomic mass is 10.3. The average molecular weight is 384 g/mol. The van der Waals surface area contributed by atoms with E-state index in [9.17, 15) is 4.79 Å². The summed E-state index contributed by atoms with van der Waals surface area (Å²) in [6.45, 7) is 0. The van der Waals surface area contributed by atoms with Crippen LogP contribution in [0.1, 0.15) is 0 Å². The van der Waals surface area contributed by atoms with Gasteiger partial charge in [0.05, 0.1) is 0 Å². The number of halogens is 2. The van der Waals surface area contributed by atoms with Crippen LogP contribution in [0, 0.1) is 0 Å². The summed E-state index contributed by atoms with van der Waals surface area (Å²) in [6.07, 6.45) is 0. The quantitative estimate of drug-likeness (QED) is 0.699. The smallest absolute Gasteiger partial charge is 0.327 e. The number of carbonyl (C=O) groups is 1. The lowest BCUT2D eigenvalue weighted by Gasteiger charge is -2.04. The number of hydrogen-bond donors (Lipinski definition) is 2. The number of urea groups is 1. The Bertz CT molecular complexity index is 800. The number of nitrogens with one attached hydrogen (secondary N) is 2. The summed E-state index contributed by atoms with van der Waals surface area (Å²) in [5, 5.41) is 13.1. The lowest BCUT2D eigenvalue weighted by Crippen LogP contribution is -2.19. The second-order valence-electron chi connectivity index (χ2n) is 4.10. The van der Waals surface area contributed by atoms with Crippen LogP contribution in [0.2, 0.25) is 5.02 Å². The maximum absolute atomic E-state index is 11.8. The average Bonchev–Trinajstić information content (AvgIpc) is 3.10. The van der Waals surface area contributed by atoms with E-state index in [2.05, 4.69) is 36.8 Å². The van der Waals surface area contributed by atoms with Crippen LogP contribution in [-0.4, -0.2) is 16.2 Å². The Hall–Kier alpha value is -2.32. The molecule has 3 aromatic rings. The van der Waals surface area contributed by atoms with Gasteiger partial charge in [-0.25, -0.2) is 4.79 Å². The zero-order valence-corrected chi connectivity index (χ0v) is 13.2. The van der Waals surface area contributed by atoms with E-state index >= 15 is 0 Å². The van der Waals surface area contributed by atoms with Crippen molar-refractivity contribution in [2.24, 2.45) is 0 Å². The topological polar surface area (TPSA) is 93.2 Å². The molecule has 9 heteroatoms. The molecule has 112 valence electrons. The lowest BCUT2D eigenvalue weighted by molar-refractivity contribution is 0.261. The third kappa shape index (κ3) is 3.46. The van der Waals surface area contributed by atoms with Crippen LogP contribution in [0.3, 0.4) is 0 Å². The molecule has 2 N–H and O–H groups in total. The van der Waals surface area contributed by atoms with E-state index < -0.39 is 6.03 Å². The van der Waals surface area contributed by atoms with Crippen molar-refractivity contribution in [3.05, 3.63) is 46.1 Å². The first-order chi connectivity index (χ1) is 10.6. The van der Waals surface area contributed by atoms with Crippen molar-refractivity contribution in [1.29, 1.82) is 0 Å². The molecule has 0 atom stereocenters. The molecule has 0 unspecified atom stereocenters. The number of anilines is 2. The summed E-state index contributed by atoms with van der Waals surface area (Å²) in [5.41, 5.74) is 0.580. The van der Waals surface area contributed by atoms with E-state index in [4.69, 9.17) is 20.4 Å². The fourth-order valence-corrected chi connectivity index (χ4v) is 2.03. The van der Waals surface area contributed by atoms with Crippen LogP contribution in [0.15, 0.2) is 49.9 Å². The molecule has 1 aromatic carbocycles. The minimum absolute atomic E-state index is 0.0472. The van der Waals surface area contributed by atoms with Gasteiger partial charge in [-0.2, -0.15) is 0 Å². The minimum atomic E-state index is -0.516. The Morgan fingerprint density at radius 1 is 1.05 bits per heavy atom. The Kier molecular flexibility index (Phi) is 4.12. The molecule has 0 spiro atoms. The van der Waals surface area contributed by atoms with Crippen molar-refractivity contribution < 1.29 is 13.6 Å². The number of hydrogen-bond acceptors (Lipinski definition) is 5.